The Kier molecular flexibility index (Phi) is 3.45. The molecule has 6 heteroatoms. The third kappa shape index (κ3) is 2.66. The highest BCUT2D eigenvalue weighted by Gasteiger charge is 2.27. The van der Waals surface area contributed by atoms with E-state index in [1.807, 2.05) is 35.7 Å². The van der Waals surface area contributed by atoms with Gasteiger partial charge in [-0.3, -0.25) is 9.48 Å². The van der Waals surface area contributed by atoms with Crippen molar-refractivity contribution in [3.63, 3.8) is 0 Å². The zero-order chi connectivity index (χ0) is 15.0. The molecule has 2 aromatic heterocycles. The monoisotopic (exact) mass is 285 g/mol. The van der Waals surface area contributed by atoms with Gasteiger partial charge < -0.3 is 4.90 Å². The molecule has 2 aromatic rings. The molecule has 0 unspecified atom stereocenters. The lowest BCUT2D eigenvalue weighted by Gasteiger charge is -2.14. The minimum atomic E-state index is 0.134. The van der Waals surface area contributed by atoms with Crippen LogP contribution in [0.25, 0.3) is 11.4 Å². The molecule has 0 N–H and O–H groups in total. The molecule has 1 amide bonds. The van der Waals surface area contributed by atoms with Gasteiger partial charge >= 0.3 is 0 Å². The second kappa shape index (κ2) is 5.27. The molecule has 110 valence electrons. The standard InChI is InChI=1S/C15H19N5O/c1-10-17-13(12-5-7-20(9-12)11(2)21)8-14(18-10)15-4-6-16-19(15)3/h4,6,8,12H,5,7,9H2,1-3H3/t12-/m1/s1. The van der Waals surface area contributed by atoms with Gasteiger partial charge in [0, 0.05) is 44.9 Å². The van der Waals surface area contributed by atoms with Gasteiger partial charge in [-0.05, 0) is 25.5 Å². The zero-order valence-electron chi connectivity index (χ0n) is 12.6. The van der Waals surface area contributed by atoms with E-state index in [9.17, 15) is 4.79 Å². The Bertz CT molecular complexity index is 678. The number of nitrogens with zero attached hydrogens (tertiary/aromatic N) is 5. The Morgan fingerprint density at radius 3 is 2.81 bits per heavy atom. The molecule has 3 rings (SSSR count). The van der Waals surface area contributed by atoms with Crippen LogP contribution in [-0.4, -0.2) is 43.6 Å². The maximum absolute atomic E-state index is 11.5. The van der Waals surface area contributed by atoms with E-state index in [0.717, 1.165) is 42.4 Å². The first-order valence-electron chi connectivity index (χ1n) is 7.14. The first-order valence-corrected chi connectivity index (χ1v) is 7.14. The maximum atomic E-state index is 11.5. The number of amides is 1. The molecular weight excluding hydrogens is 266 g/mol. The van der Waals surface area contributed by atoms with Crippen molar-refractivity contribution in [2.45, 2.75) is 26.2 Å². The van der Waals surface area contributed by atoms with Gasteiger partial charge in [-0.2, -0.15) is 5.10 Å². The van der Waals surface area contributed by atoms with E-state index in [0.29, 0.717) is 5.92 Å². The zero-order valence-corrected chi connectivity index (χ0v) is 12.6. The van der Waals surface area contributed by atoms with Gasteiger partial charge in [-0.1, -0.05) is 0 Å². The molecule has 21 heavy (non-hydrogen) atoms. The highest BCUT2D eigenvalue weighted by atomic mass is 16.2. The molecule has 3 heterocycles. The van der Waals surface area contributed by atoms with Gasteiger partial charge in [0.1, 0.15) is 5.82 Å². The molecule has 0 bridgehead atoms. The lowest BCUT2D eigenvalue weighted by Crippen LogP contribution is -2.25. The number of aryl methyl sites for hydroxylation is 2. The molecule has 1 atom stereocenters. The number of aromatic nitrogens is 4. The Labute approximate surface area is 123 Å². The third-order valence-electron chi connectivity index (χ3n) is 3.99. The molecule has 1 aliphatic heterocycles. The number of rotatable bonds is 2. The normalized spacial score (nSPS) is 18.2. The topological polar surface area (TPSA) is 63.9 Å². The summed E-state index contributed by atoms with van der Waals surface area (Å²) in [6, 6.07) is 3.97. The van der Waals surface area contributed by atoms with Crippen LogP contribution in [0.15, 0.2) is 18.3 Å². The second-order valence-electron chi connectivity index (χ2n) is 5.52. The van der Waals surface area contributed by atoms with Crippen LogP contribution in [0.5, 0.6) is 0 Å². The molecule has 0 spiro atoms. The highest BCUT2D eigenvalue weighted by Crippen LogP contribution is 2.28. The van der Waals surface area contributed by atoms with Crippen LogP contribution >= 0.6 is 0 Å². The molecule has 0 aromatic carbocycles. The summed E-state index contributed by atoms with van der Waals surface area (Å²) in [6.45, 7) is 5.08. The second-order valence-corrected chi connectivity index (χ2v) is 5.52. The first kappa shape index (κ1) is 13.7. The van der Waals surface area contributed by atoms with Crippen molar-refractivity contribution in [1.29, 1.82) is 0 Å². The number of hydrogen-bond donors (Lipinski definition) is 0. The van der Waals surface area contributed by atoms with Crippen molar-refractivity contribution in [2.75, 3.05) is 13.1 Å². The Hall–Kier alpha value is -2.24. The summed E-state index contributed by atoms with van der Waals surface area (Å²) in [6.07, 6.45) is 2.72. The van der Waals surface area contributed by atoms with Gasteiger partial charge in [0.2, 0.25) is 5.91 Å². The van der Waals surface area contributed by atoms with E-state index in [-0.39, 0.29) is 5.91 Å². The fourth-order valence-corrected chi connectivity index (χ4v) is 2.84. The summed E-state index contributed by atoms with van der Waals surface area (Å²) in [5.74, 6) is 1.18. The van der Waals surface area contributed by atoms with E-state index in [1.165, 1.54) is 0 Å². The highest BCUT2D eigenvalue weighted by molar-refractivity contribution is 5.73. The predicted molar refractivity (Wildman–Crippen MR) is 78.6 cm³/mol. The van der Waals surface area contributed by atoms with E-state index >= 15 is 0 Å². The number of carbonyl (C=O) groups is 1. The van der Waals surface area contributed by atoms with Crippen molar-refractivity contribution in [3.05, 3.63) is 29.8 Å². The molecule has 6 nitrogen and oxygen atoms in total. The van der Waals surface area contributed by atoms with Crippen molar-refractivity contribution in [1.82, 2.24) is 24.6 Å². The quantitative estimate of drug-likeness (QED) is 0.839. The van der Waals surface area contributed by atoms with E-state index in [4.69, 9.17) is 0 Å². The number of hydrogen-bond acceptors (Lipinski definition) is 4. The average Bonchev–Trinajstić information content (AvgIpc) is 3.06. The van der Waals surface area contributed by atoms with Crippen LogP contribution in [0.1, 0.15) is 30.8 Å². The van der Waals surface area contributed by atoms with Gasteiger partial charge in [-0.25, -0.2) is 9.97 Å². The van der Waals surface area contributed by atoms with Crippen molar-refractivity contribution < 1.29 is 4.79 Å². The van der Waals surface area contributed by atoms with Crippen LogP contribution in [0, 0.1) is 6.92 Å². The molecule has 1 saturated heterocycles. The fraction of sp³-hybridized carbons (Fsp3) is 0.467. The minimum absolute atomic E-state index is 0.134. The lowest BCUT2D eigenvalue weighted by molar-refractivity contribution is -0.127. The summed E-state index contributed by atoms with van der Waals surface area (Å²) in [5, 5.41) is 4.19. The summed E-state index contributed by atoms with van der Waals surface area (Å²) in [5.41, 5.74) is 2.88. The minimum Gasteiger partial charge on any atom is -0.342 e. The molecule has 0 aliphatic carbocycles. The summed E-state index contributed by atoms with van der Waals surface area (Å²) in [4.78, 5) is 22.4. The van der Waals surface area contributed by atoms with Crippen molar-refractivity contribution in [3.8, 4) is 11.4 Å². The van der Waals surface area contributed by atoms with Crippen LogP contribution in [0.2, 0.25) is 0 Å². The van der Waals surface area contributed by atoms with Gasteiger partial charge in [-0.15, -0.1) is 0 Å². The Morgan fingerprint density at radius 2 is 2.19 bits per heavy atom. The van der Waals surface area contributed by atoms with Gasteiger partial charge in [0.05, 0.1) is 11.4 Å². The van der Waals surface area contributed by atoms with E-state index in [1.54, 1.807) is 13.1 Å². The molecule has 1 fully saturated rings. The summed E-state index contributed by atoms with van der Waals surface area (Å²) in [7, 11) is 1.90. The van der Waals surface area contributed by atoms with Gasteiger partial charge in [0.15, 0.2) is 0 Å². The molecule has 0 saturated carbocycles. The average molecular weight is 285 g/mol. The van der Waals surface area contributed by atoms with E-state index in [2.05, 4.69) is 15.1 Å². The smallest absolute Gasteiger partial charge is 0.219 e. The number of carbonyl (C=O) groups excluding carboxylic acids is 1. The van der Waals surface area contributed by atoms with Crippen molar-refractivity contribution >= 4 is 5.91 Å². The first-order chi connectivity index (χ1) is 10.0. The van der Waals surface area contributed by atoms with E-state index < -0.39 is 0 Å². The van der Waals surface area contributed by atoms with Crippen LogP contribution in [0.4, 0.5) is 0 Å². The number of likely N-dealkylation sites (tertiary alicyclic amines) is 1. The van der Waals surface area contributed by atoms with Crippen molar-refractivity contribution in [2.24, 2.45) is 7.05 Å². The van der Waals surface area contributed by atoms with Crippen LogP contribution in [0.3, 0.4) is 0 Å². The predicted octanol–water partition coefficient (Wildman–Crippen LogP) is 1.52. The van der Waals surface area contributed by atoms with Gasteiger partial charge in [0.25, 0.3) is 0 Å². The Balaban J connectivity index is 1.92. The van der Waals surface area contributed by atoms with Crippen LogP contribution < -0.4 is 0 Å². The summed E-state index contributed by atoms with van der Waals surface area (Å²) >= 11 is 0. The SMILES string of the molecule is CC(=O)N1CC[C@@H](c2cc(-c3ccnn3C)nc(C)n2)C1. The fourth-order valence-electron chi connectivity index (χ4n) is 2.84. The molecule has 1 aliphatic rings. The molecule has 0 radical (unpaired) electrons. The van der Waals surface area contributed by atoms with Crippen LogP contribution in [-0.2, 0) is 11.8 Å². The molecular formula is C15H19N5O. The lowest BCUT2D eigenvalue weighted by atomic mass is 10.0. The Morgan fingerprint density at radius 1 is 1.38 bits per heavy atom. The largest absolute Gasteiger partial charge is 0.342 e. The third-order valence-corrected chi connectivity index (χ3v) is 3.99. The summed E-state index contributed by atoms with van der Waals surface area (Å²) < 4.78 is 1.81. The maximum Gasteiger partial charge on any atom is 0.219 e.